The molecule has 0 heterocycles. The van der Waals surface area contributed by atoms with Crippen molar-refractivity contribution >= 4 is 11.9 Å². The van der Waals surface area contributed by atoms with Gasteiger partial charge in [-0.25, -0.2) is 0 Å². The van der Waals surface area contributed by atoms with Gasteiger partial charge in [-0.15, -0.1) is 0 Å². The topological polar surface area (TPSA) is 69.6 Å². The van der Waals surface area contributed by atoms with Gasteiger partial charge in [0.2, 0.25) is 5.91 Å². The maximum atomic E-state index is 10.9. The molecule has 0 radical (unpaired) electrons. The van der Waals surface area contributed by atoms with Gasteiger partial charge in [0, 0.05) is 19.2 Å². The van der Waals surface area contributed by atoms with E-state index in [0.717, 1.165) is 0 Å². The minimum atomic E-state index is -0.876. The Bertz CT molecular complexity index is 226. The van der Waals surface area contributed by atoms with Gasteiger partial charge in [-0.05, 0) is 14.0 Å². The molecule has 0 atom stereocenters. The van der Waals surface area contributed by atoms with Crippen LogP contribution in [0.3, 0.4) is 0 Å². The van der Waals surface area contributed by atoms with E-state index >= 15 is 0 Å². The molecule has 0 saturated carbocycles. The van der Waals surface area contributed by atoms with Gasteiger partial charge >= 0.3 is 5.97 Å². The minimum absolute atomic E-state index is 0.0280. The summed E-state index contributed by atoms with van der Waals surface area (Å²) >= 11 is 0. The number of carbonyl (C=O) groups excluding carboxylic acids is 1. The molecular weight excluding hydrogens is 184 g/mol. The van der Waals surface area contributed by atoms with E-state index in [0.29, 0.717) is 13.1 Å². The second-order valence-corrected chi connectivity index (χ2v) is 2.89. The average molecular weight is 200 g/mol. The Morgan fingerprint density at radius 2 is 2.14 bits per heavy atom. The molecule has 5 heteroatoms. The van der Waals surface area contributed by atoms with Crippen molar-refractivity contribution in [2.45, 2.75) is 6.92 Å². The normalized spacial score (nSPS) is 10.8. The fourth-order valence-corrected chi connectivity index (χ4v) is 0.868. The highest BCUT2D eigenvalue weighted by atomic mass is 16.4. The number of nitrogens with one attached hydrogen (secondary N) is 1. The Balaban J connectivity index is 3.70. The molecule has 0 saturated heterocycles. The molecule has 0 aliphatic rings. The van der Waals surface area contributed by atoms with Crippen LogP contribution >= 0.6 is 0 Å². The molecule has 80 valence electrons. The number of nitrogens with zero attached hydrogens (tertiary/aromatic N) is 1. The van der Waals surface area contributed by atoms with E-state index in [1.54, 1.807) is 18.0 Å². The Hall–Kier alpha value is -1.36. The standard InChI is InChI=1S/C9H16N2O3/c1-3-10-8(12)5-4-6-11(2)7-9(13)14/h4-5H,3,6-7H2,1-2H3,(H,10,12)(H,13,14)/b5-4+. The summed E-state index contributed by atoms with van der Waals surface area (Å²) in [6.45, 7) is 2.85. The third kappa shape index (κ3) is 7.30. The Kier molecular flexibility index (Phi) is 6.39. The number of carbonyl (C=O) groups is 2. The van der Waals surface area contributed by atoms with Gasteiger partial charge < -0.3 is 10.4 Å². The Labute approximate surface area is 83.4 Å². The molecule has 0 spiro atoms. The smallest absolute Gasteiger partial charge is 0.317 e. The van der Waals surface area contributed by atoms with Gasteiger partial charge in [-0.2, -0.15) is 0 Å². The van der Waals surface area contributed by atoms with Crippen molar-refractivity contribution in [2.24, 2.45) is 0 Å². The van der Waals surface area contributed by atoms with E-state index in [-0.39, 0.29) is 12.5 Å². The summed E-state index contributed by atoms with van der Waals surface area (Å²) in [5.74, 6) is -1.03. The van der Waals surface area contributed by atoms with Crippen molar-refractivity contribution in [3.05, 3.63) is 12.2 Å². The summed E-state index contributed by atoms with van der Waals surface area (Å²) in [6.07, 6.45) is 3.04. The molecule has 0 aromatic rings. The number of likely N-dealkylation sites (N-methyl/N-ethyl adjacent to an activating group) is 2. The Morgan fingerprint density at radius 1 is 1.50 bits per heavy atom. The van der Waals surface area contributed by atoms with Crippen LogP contribution in [0, 0.1) is 0 Å². The van der Waals surface area contributed by atoms with E-state index in [1.165, 1.54) is 6.08 Å². The lowest BCUT2D eigenvalue weighted by Gasteiger charge is -2.09. The zero-order valence-corrected chi connectivity index (χ0v) is 8.49. The SMILES string of the molecule is CCNC(=O)/C=C/CN(C)CC(=O)O. The second kappa shape index (κ2) is 7.08. The number of hydrogen-bond donors (Lipinski definition) is 2. The molecule has 0 fully saturated rings. The van der Waals surface area contributed by atoms with Gasteiger partial charge in [0.15, 0.2) is 0 Å². The molecule has 0 aromatic heterocycles. The third-order valence-electron chi connectivity index (χ3n) is 1.44. The summed E-state index contributed by atoms with van der Waals surface area (Å²) in [5, 5.41) is 11.0. The molecule has 0 aliphatic carbocycles. The second-order valence-electron chi connectivity index (χ2n) is 2.89. The summed E-state index contributed by atoms with van der Waals surface area (Å²) < 4.78 is 0. The fourth-order valence-electron chi connectivity index (χ4n) is 0.868. The summed E-state index contributed by atoms with van der Waals surface area (Å²) in [4.78, 5) is 22.8. The van der Waals surface area contributed by atoms with E-state index in [2.05, 4.69) is 5.32 Å². The predicted octanol–water partition coefficient (Wildman–Crippen LogP) is -0.305. The van der Waals surface area contributed by atoms with E-state index < -0.39 is 5.97 Å². The van der Waals surface area contributed by atoms with E-state index in [9.17, 15) is 9.59 Å². The third-order valence-corrected chi connectivity index (χ3v) is 1.44. The first-order valence-corrected chi connectivity index (χ1v) is 4.41. The average Bonchev–Trinajstić information content (AvgIpc) is 2.02. The van der Waals surface area contributed by atoms with Crippen LogP contribution in [-0.2, 0) is 9.59 Å². The van der Waals surface area contributed by atoms with Crippen LogP contribution in [0.5, 0.6) is 0 Å². The van der Waals surface area contributed by atoms with Crippen LogP contribution in [0.1, 0.15) is 6.92 Å². The van der Waals surface area contributed by atoms with Gasteiger partial charge in [-0.3, -0.25) is 14.5 Å². The highest BCUT2D eigenvalue weighted by Crippen LogP contribution is 1.83. The van der Waals surface area contributed by atoms with Gasteiger partial charge in [0.25, 0.3) is 0 Å². The zero-order valence-electron chi connectivity index (χ0n) is 8.49. The highest BCUT2D eigenvalue weighted by Gasteiger charge is 2.01. The van der Waals surface area contributed by atoms with Crippen LogP contribution in [0.2, 0.25) is 0 Å². The van der Waals surface area contributed by atoms with E-state index in [1.807, 2.05) is 6.92 Å². The number of aliphatic carboxylic acids is 1. The number of carboxylic acid groups (broad SMARTS) is 1. The van der Waals surface area contributed by atoms with E-state index in [4.69, 9.17) is 5.11 Å². The lowest BCUT2D eigenvalue weighted by Crippen LogP contribution is -2.26. The van der Waals surface area contributed by atoms with Gasteiger partial charge in [0.1, 0.15) is 0 Å². The van der Waals surface area contributed by atoms with Crippen molar-refractivity contribution in [2.75, 3.05) is 26.7 Å². The number of rotatable bonds is 6. The first-order chi connectivity index (χ1) is 6.56. The number of hydrogen-bond acceptors (Lipinski definition) is 3. The van der Waals surface area contributed by atoms with Crippen LogP contribution in [0.15, 0.2) is 12.2 Å². The van der Waals surface area contributed by atoms with Crippen LogP contribution in [0.25, 0.3) is 0 Å². The predicted molar refractivity (Wildman–Crippen MR) is 53.0 cm³/mol. The first-order valence-electron chi connectivity index (χ1n) is 4.41. The maximum Gasteiger partial charge on any atom is 0.317 e. The quantitative estimate of drug-likeness (QED) is 0.577. The molecule has 0 unspecified atom stereocenters. The first kappa shape index (κ1) is 12.6. The maximum absolute atomic E-state index is 10.9. The van der Waals surface area contributed by atoms with Crippen molar-refractivity contribution in [1.82, 2.24) is 10.2 Å². The van der Waals surface area contributed by atoms with Crippen molar-refractivity contribution in [1.29, 1.82) is 0 Å². The number of amides is 1. The molecule has 0 bridgehead atoms. The molecule has 1 amide bonds. The summed E-state index contributed by atoms with van der Waals surface area (Å²) in [7, 11) is 1.68. The largest absolute Gasteiger partial charge is 0.480 e. The molecule has 0 aliphatic heterocycles. The van der Waals surface area contributed by atoms with Gasteiger partial charge in [0.05, 0.1) is 6.54 Å². The summed E-state index contributed by atoms with van der Waals surface area (Å²) in [5.41, 5.74) is 0. The van der Waals surface area contributed by atoms with Gasteiger partial charge in [-0.1, -0.05) is 6.08 Å². The van der Waals surface area contributed by atoms with Crippen LogP contribution < -0.4 is 5.32 Å². The van der Waals surface area contributed by atoms with Crippen molar-refractivity contribution < 1.29 is 14.7 Å². The molecule has 14 heavy (non-hydrogen) atoms. The van der Waals surface area contributed by atoms with Crippen molar-refractivity contribution in [3.63, 3.8) is 0 Å². The monoisotopic (exact) mass is 200 g/mol. The van der Waals surface area contributed by atoms with Crippen molar-refractivity contribution in [3.8, 4) is 0 Å². The number of carboxylic acids is 1. The lowest BCUT2D eigenvalue weighted by molar-refractivity contribution is -0.137. The molecule has 2 N–H and O–H groups in total. The van der Waals surface area contributed by atoms with Crippen LogP contribution in [-0.4, -0.2) is 48.6 Å². The highest BCUT2D eigenvalue weighted by molar-refractivity contribution is 5.87. The fraction of sp³-hybridized carbons (Fsp3) is 0.556. The summed E-state index contributed by atoms with van der Waals surface area (Å²) in [6, 6.07) is 0. The molecule has 5 nitrogen and oxygen atoms in total. The molecular formula is C9H16N2O3. The molecule has 0 aromatic carbocycles. The minimum Gasteiger partial charge on any atom is -0.480 e. The van der Waals surface area contributed by atoms with Crippen LogP contribution in [0.4, 0.5) is 0 Å². The Morgan fingerprint density at radius 3 is 2.64 bits per heavy atom. The lowest BCUT2D eigenvalue weighted by atomic mass is 10.4. The molecule has 0 rings (SSSR count). The zero-order chi connectivity index (χ0) is 11.0.